The van der Waals surface area contributed by atoms with Crippen molar-refractivity contribution in [2.75, 3.05) is 24.2 Å². The van der Waals surface area contributed by atoms with Gasteiger partial charge in [0.05, 0.1) is 11.8 Å². The summed E-state index contributed by atoms with van der Waals surface area (Å²) in [5.74, 6) is 2.27. The Hall–Kier alpha value is -2.41. The Balaban J connectivity index is 1.76. The van der Waals surface area contributed by atoms with Crippen LogP contribution in [0.5, 0.6) is 0 Å². The first-order valence-corrected chi connectivity index (χ1v) is 8.34. The van der Waals surface area contributed by atoms with Crippen molar-refractivity contribution in [1.82, 2.24) is 9.97 Å². The molecule has 0 aromatic carbocycles. The number of nitrogens with one attached hydrogen (secondary N) is 3. The van der Waals surface area contributed by atoms with Crippen molar-refractivity contribution in [2.45, 2.75) is 31.7 Å². The van der Waals surface area contributed by atoms with Crippen LogP contribution in [0.15, 0.2) is 29.0 Å². The minimum atomic E-state index is 0.274. The zero-order chi connectivity index (χ0) is 16.9. The van der Waals surface area contributed by atoms with Crippen molar-refractivity contribution in [3.05, 3.63) is 35.9 Å². The van der Waals surface area contributed by atoms with Gasteiger partial charge in [-0.15, -0.1) is 0 Å². The molecule has 1 aliphatic rings. The number of anilines is 2. The topological polar surface area (TPSA) is 113 Å². The smallest absolute Gasteiger partial charge is 0.224 e. The van der Waals surface area contributed by atoms with Gasteiger partial charge in [0, 0.05) is 25.8 Å². The first-order chi connectivity index (χ1) is 11.7. The molecule has 5 N–H and O–H groups in total. The van der Waals surface area contributed by atoms with Crippen LogP contribution in [0.4, 0.5) is 11.8 Å². The van der Waals surface area contributed by atoms with Gasteiger partial charge >= 0.3 is 0 Å². The Morgan fingerprint density at radius 3 is 2.83 bits per heavy atom. The van der Waals surface area contributed by atoms with Crippen LogP contribution in [0.2, 0.25) is 0 Å². The number of furan rings is 1. The fourth-order valence-electron chi connectivity index (χ4n) is 3.01. The molecule has 0 bridgehead atoms. The van der Waals surface area contributed by atoms with E-state index in [9.17, 15) is 0 Å². The van der Waals surface area contributed by atoms with Gasteiger partial charge in [-0.25, -0.2) is 4.98 Å². The third-order valence-corrected chi connectivity index (χ3v) is 4.50. The number of rotatable bonds is 6. The maximum atomic E-state index is 8.35. The largest absolute Gasteiger partial charge is 0.463 e. The van der Waals surface area contributed by atoms with E-state index < -0.39 is 0 Å². The Labute approximate surface area is 141 Å². The van der Waals surface area contributed by atoms with Crippen LogP contribution in [-0.2, 0) is 0 Å². The summed E-state index contributed by atoms with van der Waals surface area (Å²) in [6.07, 6.45) is 7.62. The fourth-order valence-corrected chi connectivity index (χ4v) is 3.01. The normalized spacial score (nSPS) is 20.6. The molecular formula is C17H24N6O. The maximum Gasteiger partial charge on any atom is 0.224 e. The molecule has 2 aromatic heterocycles. The minimum Gasteiger partial charge on any atom is -0.463 e. The van der Waals surface area contributed by atoms with Gasteiger partial charge in [-0.2, -0.15) is 4.98 Å². The van der Waals surface area contributed by atoms with Gasteiger partial charge in [-0.3, -0.25) is 5.41 Å². The van der Waals surface area contributed by atoms with Crippen molar-refractivity contribution >= 4 is 17.5 Å². The lowest BCUT2D eigenvalue weighted by Crippen LogP contribution is -2.29. The molecule has 1 fully saturated rings. The molecule has 0 spiro atoms. The number of hydrogen-bond donors (Lipinski definition) is 4. The average Bonchev–Trinajstić information content (AvgIpc) is 3.15. The van der Waals surface area contributed by atoms with Crippen LogP contribution >= 0.6 is 0 Å². The van der Waals surface area contributed by atoms with Gasteiger partial charge in [0.2, 0.25) is 5.95 Å². The Bertz CT molecular complexity index is 676. The van der Waals surface area contributed by atoms with Crippen molar-refractivity contribution < 1.29 is 4.42 Å². The van der Waals surface area contributed by atoms with Gasteiger partial charge < -0.3 is 20.8 Å². The summed E-state index contributed by atoms with van der Waals surface area (Å²) in [5, 5.41) is 14.7. The molecule has 24 heavy (non-hydrogen) atoms. The summed E-state index contributed by atoms with van der Waals surface area (Å²) in [6, 6.07) is 3.88. The highest BCUT2D eigenvalue weighted by molar-refractivity contribution is 6.11. The van der Waals surface area contributed by atoms with Crippen molar-refractivity contribution in [2.24, 2.45) is 11.7 Å². The van der Waals surface area contributed by atoms with E-state index in [1.165, 1.54) is 0 Å². The summed E-state index contributed by atoms with van der Waals surface area (Å²) >= 11 is 0. The van der Waals surface area contributed by atoms with Gasteiger partial charge in [-0.1, -0.05) is 0 Å². The van der Waals surface area contributed by atoms with E-state index in [2.05, 4.69) is 20.6 Å². The SMILES string of the molecule is CNc1ncc(C(=N)c2ccco2)c(NCC2CCC(N)CC2)n1. The van der Waals surface area contributed by atoms with Crippen LogP contribution in [0.25, 0.3) is 0 Å². The van der Waals surface area contributed by atoms with E-state index >= 15 is 0 Å². The Morgan fingerprint density at radius 2 is 2.17 bits per heavy atom. The summed E-state index contributed by atoms with van der Waals surface area (Å²) in [6.45, 7) is 0.825. The summed E-state index contributed by atoms with van der Waals surface area (Å²) < 4.78 is 5.33. The molecule has 3 rings (SSSR count). The van der Waals surface area contributed by atoms with E-state index in [1.807, 2.05) is 0 Å². The van der Waals surface area contributed by atoms with E-state index in [-0.39, 0.29) is 5.71 Å². The first-order valence-electron chi connectivity index (χ1n) is 8.34. The molecule has 7 heteroatoms. The molecule has 1 aliphatic carbocycles. The van der Waals surface area contributed by atoms with Crippen LogP contribution in [0, 0.1) is 11.3 Å². The van der Waals surface area contributed by atoms with E-state index in [1.54, 1.807) is 31.6 Å². The molecule has 0 radical (unpaired) electrons. The molecule has 0 saturated heterocycles. The second-order valence-electron chi connectivity index (χ2n) is 6.22. The lowest BCUT2D eigenvalue weighted by atomic mass is 9.86. The zero-order valence-corrected chi connectivity index (χ0v) is 13.9. The lowest BCUT2D eigenvalue weighted by Gasteiger charge is -2.26. The van der Waals surface area contributed by atoms with E-state index in [0.717, 1.165) is 32.2 Å². The van der Waals surface area contributed by atoms with Crippen molar-refractivity contribution in [1.29, 1.82) is 5.41 Å². The van der Waals surface area contributed by atoms with Gasteiger partial charge in [0.15, 0.2) is 5.76 Å². The summed E-state index contributed by atoms with van der Waals surface area (Å²) in [7, 11) is 1.78. The molecule has 0 amide bonds. The van der Waals surface area contributed by atoms with Crippen LogP contribution in [-0.4, -0.2) is 35.3 Å². The van der Waals surface area contributed by atoms with Crippen molar-refractivity contribution in [3.8, 4) is 0 Å². The zero-order valence-electron chi connectivity index (χ0n) is 13.9. The third-order valence-electron chi connectivity index (χ3n) is 4.50. The number of nitrogens with zero attached hydrogens (tertiary/aromatic N) is 2. The molecule has 0 aliphatic heterocycles. The maximum absolute atomic E-state index is 8.35. The number of hydrogen-bond acceptors (Lipinski definition) is 7. The lowest BCUT2D eigenvalue weighted by molar-refractivity contribution is 0.338. The van der Waals surface area contributed by atoms with E-state index in [4.69, 9.17) is 15.6 Å². The van der Waals surface area contributed by atoms with E-state index in [0.29, 0.717) is 35.0 Å². The molecule has 0 atom stereocenters. The Morgan fingerprint density at radius 1 is 1.38 bits per heavy atom. The van der Waals surface area contributed by atoms with Crippen LogP contribution < -0.4 is 16.4 Å². The number of aromatic nitrogens is 2. The average molecular weight is 328 g/mol. The predicted molar refractivity (Wildman–Crippen MR) is 94.6 cm³/mol. The summed E-state index contributed by atoms with van der Waals surface area (Å²) in [4.78, 5) is 8.71. The van der Waals surface area contributed by atoms with Gasteiger partial charge in [0.1, 0.15) is 11.5 Å². The van der Waals surface area contributed by atoms with Crippen molar-refractivity contribution in [3.63, 3.8) is 0 Å². The molecular weight excluding hydrogens is 304 g/mol. The third kappa shape index (κ3) is 3.73. The molecule has 2 aromatic rings. The fraction of sp³-hybridized carbons (Fsp3) is 0.471. The Kier molecular flexibility index (Phi) is 5.10. The molecule has 7 nitrogen and oxygen atoms in total. The number of nitrogens with two attached hydrogens (primary N) is 1. The molecule has 2 heterocycles. The standard InChI is InChI=1S/C17H24N6O/c1-20-17-22-10-13(15(19)14-3-2-8-24-14)16(23-17)21-9-11-4-6-12(18)7-5-11/h2-3,8,10-12,19H,4-7,9,18H2,1H3,(H2,20,21,22,23). The predicted octanol–water partition coefficient (Wildman–Crippen LogP) is 2.46. The summed E-state index contributed by atoms with van der Waals surface area (Å²) in [5.41, 5.74) is 6.88. The highest BCUT2D eigenvalue weighted by Crippen LogP contribution is 2.25. The van der Waals surface area contributed by atoms with Crippen LogP contribution in [0.3, 0.4) is 0 Å². The molecule has 128 valence electrons. The van der Waals surface area contributed by atoms with Crippen LogP contribution in [0.1, 0.15) is 37.0 Å². The van der Waals surface area contributed by atoms with Gasteiger partial charge in [-0.05, 0) is 43.7 Å². The first kappa shape index (κ1) is 16.4. The quantitative estimate of drug-likeness (QED) is 0.606. The molecule has 1 saturated carbocycles. The monoisotopic (exact) mass is 328 g/mol. The van der Waals surface area contributed by atoms with Gasteiger partial charge in [0.25, 0.3) is 0 Å². The highest BCUT2D eigenvalue weighted by Gasteiger charge is 2.20. The second-order valence-corrected chi connectivity index (χ2v) is 6.22. The second kappa shape index (κ2) is 7.44. The molecule has 0 unspecified atom stereocenters. The minimum absolute atomic E-state index is 0.274. The highest BCUT2D eigenvalue weighted by atomic mass is 16.3.